The lowest BCUT2D eigenvalue weighted by Gasteiger charge is -2.03. The number of carbonyl (C=O) groups excluding carboxylic acids is 1. The molecule has 0 radical (unpaired) electrons. The zero-order chi connectivity index (χ0) is 5.82. The Balaban J connectivity index is 2.14. The molecule has 0 aromatic carbocycles. The summed E-state index contributed by atoms with van der Waals surface area (Å²) in [7, 11) is 0. The van der Waals surface area contributed by atoms with Crippen molar-refractivity contribution in [3.63, 3.8) is 0 Å². The SMILES string of the molecule is O=CO[C@H]1CCCO1. The van der Waals surface area contributed by atoms with Gasteiger partial charge in [0.25, 0.3) is 6.47 Å². The van der Waals surface area contributed by atoms with Crippen LogP contribution < -0.4 is 0 Å². The van der Waals surface area contributed by atoms with Gasteiger partial charge in [0.2, 0.25) is 6.29 Å². The molecular weight excluding hydrogens is 108 g/mol. The van der Waals surface area contributed by atoms with E-state index in [-0.39, 0.29) is 6.29 Å². The summed E-state index contributed by atoms with van der Waals surface area (Å²) >= 11 is 0. The van der Waals surface area contributed by atoms with Crippen molar-refractivity contribution in [2.24, 2.45) is 0 Å². The molecule has 1 saturated heterocycles. The average molecular weight is 116 g/mol. The molecule has 46 valence electrons. The topological polar surface area (TPSA) is 35.5 Å². The molecule has 1 aliphatic heterocycles. The predicted octanol–water partition coefficient (Wildman–Crippen LogP) is 0.296. The van der Waals surface area contributed by atoms with Crippen LogP contribution in [0.5, 0.6) is 0 Å². The maximum Gasteiger partial charge on any atom is 0.295 e. The van der Waals surface area contributed by atoms with E-state index in [9.17, 15) is 4.79 Å². The van der Waals surface area contributed by atoms with Gasteiger partial charge in [0, 0.05) is 6.42 Å². The first-order valence-corrected chi connectivity index (χ1v) is 2.64. The monoisotopic (exact) mass is 116 g/mol. The molecule has 0 saturated carbocycles. The minimum Gasteiger partial charge on any atom is -0.438 e. The van der Waals surface area contributed by atoms with Gasteiger partial charge >= 0.3 is 0 Å². The van der Waals surface area contributed by atoms with E-state index in [0.29, 0.717) is 6.47 Å². The van der Waals surface area contributed by atoms with E-state index in [4.69, 9.17) is 4.74 Å². The third kappa shape index (κ3) is 1.20. The van der Waals surface area contributed by atoms with Gasteiger partial charge in [-0.05, 0) is 6.42 Å². The molecule has 0 spiro atoms. The van der Waals surface area contributed by atoms with Crippen molar-refractivity contribution in [3.05, 3.63) is 0 Å². The number of hydrogen-bond acceptors (Lipinski definition) is 3. The maximum absolute atomic E-state index is 9.66. The molecule has 0 amide bonds. The van der Waals surface area contributed by atoms with E-state index in [0.717, 1.165) is 19.4 Å². The minimum absolute atomic E-state index is 0.257. The Hall–Kier alpha value is -0.570. The molecule has 0 unspecified atom stereocenters. The van der Waals surface area contributed by atoms with Gasteiger partial charge in [-0.25, -0.2) is 0 Å². The molecule has 0 aromatic heterocycles. The largest absolute Gasteiger partial charge is 0.438 e. The fraction of sp³-hybridized carbons (Fsp3) is 0.800. The molecular formula is C5H8O3. The van der Waals surface area contributed by atoms with Crippen LogP contribution in [-0.2, 0) is 14.3 Å². The van der Waals surface area contributed by atoms with Crippen molar-refractivity contribution in [1.82, 2.24) is 0 Å². The Morgan fingerprint density at radius 3 is 3.12 bits per heavy atom. The summed E-state index contributed by atoms with van der Waals surface area (Å²) in [4.78, 5) is 9.66. The van der Waals surface area contributed by atoms with Gasteiger partial charge in [-0.2, -0.15) is 0 Å². The highest BCUT2D eigenvalue weighted by atomic mass is 16.7. The summed E-state index contributed by atoms with van der Waals surface area (Å²) in [6.45, 7) is 1.15. The molecule has 3 heteroatoms. The molecule has 3 nitrogen and oxygen atoms in total. The van der Waals surface area contributed by atoms with Gasteiger partial charge in [0.1, 0.15) is 0 Å². The van der Waals surface area contributed by atoms with E-state index < -0.39 is 0 Å². The van der Waals surface area contributed by atoms with Crippen LogP contribution in [0.2, 0.25) is 0 Å². The van der Waals surface area contributed by atoms with Gasteiger partial charge in [0.15, 0.2) is 0 Å². The van der Waals surface area contributed by atoms with E-state index in [1.54, 1.807) is 0 Å². The molecule has 0 aliphatic carbocycles. The van der Waals surface area contributed by atoms with Crippen LogP contribution in [-0.4, -0.2) is 19.4 Å². The predicted molar refractivity (Wildman–Crippen MR) is 26.1 cm³/mol. The number of ether oxygens (including phenoxy) is 2. The van der Waals surface area contributed by atoms with Gasteiger partial charge in [0.05, 0.1) is 6.61 Å². The first-order chi connectivity index (χ1) is 3.93. The lowest BCUT2D eigenvalue weighted by Crippen LogP contribution is -2.08. The first-order valence-electron chi connectivity index (χ1n) is 2.64. The van der Waals surface area contributed by atoms with Crippen LogP contribution in [0.25, 0.3) is 0 Å². The minimum atomic E-state index is -0.257. The number of hydrogen-bond donors (Lipinski definition) is 0. The molecule has 0 N–H and O–H groups in total. The summed E-state index contributed by atoms with van der Waals surface area (Å²) < 4.78 is 9.44. The quantitative estimate of drug-likeness (QED) is 0.486. The van der Waals surface area contributed by atoms with E-state index in [1.807, 2.05) is 0 Å². The third-order valence-electron chi connectivity index (χ3n) is 1.10. The van der Waals surface area contributed by atoms with Crippen molar-refractivity contribution in [1.29, 1.82) is 0 Å². The lowest BCUT2D eigenvalue weighted by molar-refractivity contribution is -0.153. The van der Waals surface area contributed by atoms with Crippen LogP contribution >= 0.6 is 0 Å². The second-order valence-electron chi connectivity index (χ2n) is 1.67. The lowest BCUT2D eigenvalue weighted by atomic mass is 10.4. The summed E-state index contributed by atoms with van der Waals surface area (Å²) in [5.41, 5.74) is 0. The molecule has 1 heterocycles. The molecule has 8 heavy (non-hydrogen) atoms. The van der Waals surface area contributed by atoms with Crippen LogP contribution in [0, 0.1) is 0 Å². The van der Waals surface area contributed by atoms with Gasteiger partial charge < -0.3 is 9.47 Å². The van der Waals surface area contributed by atoms with E-state index in [1.165, 1.54) is 0 Å². The van der Waals surface area contributed by atoms with Crippen LogP contribution in [0.4, 0.5) is 0 Å². The highest BCUT2D eigenvalue weighted by Crippen LogP contribution is 2.11. The molecule has 1 aliphatic rings. The zero-order valence-electron chi connectivity index (χ0n) is 4.50. The summed E-state index contributed by atoms with van der Waals surface area (Å²) in [6, 6.07) is 0. The highest BCUT2D eigenvalue weighted by Gasteiger charge is 2.14. The van der Waals surface area contributed by atoms with Crippen molar-refractivity contribution in [2.75, 3.05) is 6.61 Å². The van der Waals surface area contributed by atoms with Crippen LogP contribution in [0.1, 0.15) is 12.8 Å². The van der Waals surface area contributed by atoms with Crippen LogP contribution in [0.3, 0.4) is 0 Å². The smallest absolute Gasteiger partial charge is 0.295 e. The fourth-order valence-corrected chi connectivity index (χ4v) is 0.717. The summed E-state index contributed by atoms with van der Waals surface area (Å²) in [5, 5.41) is 0. The highest BCUT2D eigenvalue weighted by molar-refractivity contribution is 5.37. The second-order valence-corrected chi connectivity index (χ2v) is 1.67. The Kier molecular flexibility index (Phi) is 1.86. The third-order valence-corrected chi connectivity index (χ3v) is 1.10. The summed E-state index contributed by atoms with van der Waals surface area (Å²) in [5.74, 6) is 0. The Bertz CT molecular complexity index is 75.7. The molecule has 1 atom stereocenters. The standard InChI is InChI=1S/C5H8O3/c6-4-8-5-2-1-3-7-5/h4-5H,1-3H2/t5-/m0/s1. The fourth-order valence-electron chi connectivity index (χ4n) is 0.717. The zero-order valence-corrected chi connectivity index (χ0v) is 4.50. The molecule has 1 fully saturated rings. The van der Waals surface area contributed by atoms with Crippen molar-refractivity contribution < 1.29 is 14.3 Å². The first kappa shape index (κ1) is 5.56. The summed E-state index contributed by atoms with van der Waals surface area (Å²) in [6.07, 6.45) is 1.59. The van der Waals surface area contributed by atoms with Crippen molar-refractivity contribution in [3.8, 4) is 0 Å². The maximum atomic E-state index is 9.66. The Morgan fingerprint density at radius 2 is 2.62 bits per heavy atom. The van der Waals surface area contributed by atoms with Crippen molar-refractivity contribution >= 4 is 6.47 Å². The van der Waals surface area contributed by atoms with Crippen molar-refractivity contribution in [2.45, 2.75) is 19.1 Å². The van der Waals surface area contributed by atoms with Gasteiger partial charge in [-0.1, -0.05) is 0 Å². The molecule has 0 aromatic rings. The normalized spacial score (nSPS) is 27.8. The Morgan fingerprint density at radius 1 is 1.75 bits per heavy atom. The Labute approximate surface area is 47.6 Å². The van der Waals surface area contributed by atoms with Gasteiger partial charge in [-0.3, -0.25) is 4.79 Å². The average Bonchev–Trinajstić information content (AvgIpc) is 2.19. The second kappa shape index (κ2) is 2.67. The van der Waals surface area contributed by atoms with Crippen LogP contribution in [0.15, 0.2) is 0 Å². The van der Waals surface area contributed by atoms with E-state index in [2.05, 4.69) is 4.74 Å². The van der Waals surface area contributed by atoms with E-state index >= 15 is 0 Å². The van der Waals surface area contributed by atoms with Gasteiger partial charge in [-0.15, -0.1) is 0 Å². The molecule has 0 bridgehead atoms. The number of rotatable bonds is 2. The number of carbonyl (C=O) groups is 1. The molecule has 1 rings (SSSR count).